The lowest BCUT2D eigenvalue weighted by Crippen LogP contribution is -2.38. The smallest absolute Gasteiger partial charge is 0.252 e. The number of halogens is 1. The summed E-state index contributed by atoms with van der Waals surface area (Å²) >= 11 is 1.34. The zero-order valence-electron chi connectivity index (χ0n) is 16.7. The summed E-state index contributed by atoms with van der Waals surface area (Å²) in [5, 5.41) is 6.46. The van der Waals surface area contributed by atoms with E-state index in [9.17, 15) is 8.42 Å². The Hall–Kier alpha value is -0.430. The third kappa shape index (κ3) is 9.07. The van der Waals surface area contributed by atoms with Gasteiger partial charge in [-0.15, -0.1) is 35.3 Å². The Bertz CT molecular complexity index is 646. The van der Waals surface area contributed by atoms with E-state index in [1.54, 1.807) is 6.07 Å². The summed E-state index contributed by atoms with van der Waals surface area (Å²) in [5.41, 5.74) is 0. The number of sulfonamides is 1. The maximum Gasteiger partial charge on any atom is 0.252 e. The standard InChI is InChI=1S/C17H32N4O3S2.HI/c1-5-18-17(20-13-14-24-8-4)19-12-11-15-9-10-16(25-15)26(22,23)21(6-2)7-3;/h9-10H,5-8,11-14H2,1-4H3,(H2,18,19,20);1H. The van der Waals surface area contributed by atoms with Crippen LogP contribution in [0.3, 0.4) is 0 Å². The van der Waals surface area contributed by atoms with Crippen LogP contribution in [0.25, 0.3) is 0 Å². The number of ether oxygens (including phenoxy) is 1. The second-order valence-corrected chi connectivity index (χ2v) is 8.78. The van der Waals surface area contributed by atoms with Crippen molar-refractivity contribution in [3.63, 3.8) is 0 Å². The molecule has 1 aromatic rings. The summed E-state index contributed by atoms with van der Waals surface area (Å²) in [5.74, 6) is 0.750. The molecule has 0 amide bonds. The Labute approximate surface area is 185 Å². The lowest BCUT2D eigenvalue weighted by molar-refractivity contribution is 0.155. The highest BCUT2D eigenvalue weighted by atomic mass is 127. The SMILES string of the molecule is CCNC(=NCCOCC)NCCc1ccc(S(=O)(=O)N(CC)CC)s1.I. The number of rotatable bonds is 12. The second kappa shape index (κ2) is 14.6. The third-order valence-corrected chi connectivity index (χ3v) is 7.32. The summed E-state index contributed by atoms with van der Waals surface area (Å²) in [7, 11) is -3.37. The average Bonchev–Trinajstić information content (AvgIpc) is 3.09. The van der Waals surface area contributed by atoms with E-state index in [2.05, 4.69) is 15.6 Å². The predicted octanol–water partition coefficient (Wildman–Crippen LogP) is 2.53. The number of hydrogen-bond acceptors (Lipinski definition) is 5. The highest BCUT2D eigenvalue weighted by molar-refractivity contribution is 14.0. The molecule has 27 heavy (non-hydrogen) atoms. The maximum atomic E-state index is 12.5. The summed E-state index contributed by atoms with van der Waals surface area (Å²) in [6.07, 6.45) is 0.744. The minimum absolute atomic E-state index is 0. The summed E-state index contributed by atoms with van der Waals surface area (Å²) in [6, 6.07) is 3.59. The van der Waals surface area contributed by atoms with E-state index in [4.69, 9.17) is 4.74 Å². The summed E-state index contributed by atoms with van der Waals surface area (Å²) in [6.45, 7) is 12.0. The first-order valence-corrected chi connectivity index (χ1v) is 11.4. The van der Waals surface area contributed by atoms with Crippen molar-refractivity contribution in [1.82, 2.24) is 14.9 Å². The highest BCUT2D eigenvalue weighted by Crippen LogP contribution is 2.25. The van der Waals surface area contributed by atoms with Crippen molar-refractivity contribution in [1.29, 1.82) is 0 Å². The summed E-state index contributed by atoms with van der Waals surface area (Å²) < 4.78 is 32.2. The van der Waals surface area contributed by atoms with E-state index >= 15 is 0 Å². The minimum atomic E-state index is -3.37. The Kier molecular flexibility index (Phi) is 14.3. The van der Waals surface area contributed by atoms with Gasteiger partial charge >= 0.3 is 0 Å². The third-order valence-electron chi connectivity index (χ3n) is 3.65. The van der Waals surface area contributed by atoms with Crippen LogP contribution < -0.4 is 10.6 Å². The monoisotopic (exact) mass is 532 g/mol. The van der Waals surface area contributed by atoms with Gasteiger partial charge in [0.1, 0.15) is 4.21 Å². The molecule has 0 aliphatic carbocycles. The van der Waals surface area contributed by atoms with Crippen LogP contribution in [0.5, 0.6) is 0 Å². The molecule has 2 N–H and O–H groups in total. The molecule has 0 bridgehead atoms. The molecular formula is C17H33IN4O3S2. The number of thiophene rings is 1. The van der Waals surface area contributed by atoms with E-state index in [1.165, 1.54) is 15.6 Å². The largest absolute Gasteiger partial charge is 0.380 e. The van der Waals surface area contributed by atoms with Crippen molar-refractivity contribution in [2.75, 3.05) is 45.9 Å². The first kappa shape index (κ1) is 26.6. The van der Waals surface area contributed by atoms with Crippen LogP contribution in [0.4, 0.5) is 0 Å². The van der Waals surface area contributed by atoms with Gasteiger partial charge in [0.25, 0.3) is 10.0 Å². The van der Waals surface area contributed by atoms with Crippen LogP contribution >= 0.6 is 35.3 Å². The molecule has 1 heterocycles. The zero-order chi connectivity index (χ0) is 19.4. The molecule has 0 saturated carbocycles. The molecule has 7 nitrogen and oxygen atoms in total. The second-order valence-electron chi connectivity index (χ2n) is 5.44. The highest BCUT2D eigenvalue weighted by Gasteiger charge is 2.23. The molecule has 0 spiro atoms. The molecule has 0 unspecified atom stereocenters. The number of guanidine groups is 1. The molecule has 0 radical (unpaired) electrons. The van der Waals surface area contributed by atoms with Gasteiger partial charge in [0, 0.05) is 37.7 Å². The fraction of sp³-hybridized carbons (Fsp3) is 0.706. The topological polar surface area (TPSA) is 83.0 Å². The Balaban J connectivity index is 0.00000676. The lowest BCUT2D eigenvalue weighted by Gasteiger charge is -2.16. The van der Waals surface area contributed by atoms with E-state index in [0.29, 0.717) is 43.6 Å². The van der Waals surface area contributed by atoms with Crippen LogP contribution in [0.2, 0.25) is 0 Å². The molecule has 1 rings (SSSR count). The van der Waals surface area contributed by atoms with Gasteiger partial charge < -0.3 is 15.4 Å². The molecule has 0 saturated heterocycles. The number of aliphatic imine (C=N–C) groups is 1. The van der Waals surface area contributed by atoms with Gasteiger partial charge in [0.05, 0.1) is 13.2 Å². The van der Waals surface area contributed by atoms with Gasteiger partial charge in [-0.05, 0) is 32.4 Å². The van der Waals surface area contributed by atoms with Crippen LogP contribution in [-0.2, 0) is 21.2 Å². The fourth-order valence-corrected chi connectivity index (χ4v) is 5.30. The zero-order valence-corrected chi connectivity index (χ0v) is 20.6. The number of nitrogens with one attached hydrogen (secondary N) is 2. The molecule has 10 heteroatoms. The van der Waals surface area contributed by atoms with Crippen molar-refractivity contribution in [2.45, 2.75) is 38.3 Å². The van der Waals surface area contributed by atoms with Gasteiger partial charge in [-0.25, -0.2) is 8.42 Å². The van der Waals surface area contributed by atoms with Gasteiger partial charge in [-0.3, -0.25) is 4.99 Å². The van der Waals surface area contributed by atoms with Gasteiger partial charge in [-0.2, -0.15) is 4.31 Å². The molecular weight excluding hydrogens is 499 g/mol. The molecule has 158 valence electrons. The van der Waals surface area contributed by atoms with Crippen molar-refractivity contribution in [2.24, 2.45) is 4.99 Å². The van der Waals surface area contributed by atoms with Gasteiger partial charge in [0.2, 0.25) is 0 Å². The van der Waals surface area contributed by atoms with Crippen molar-refractivity contribution in [3.8, 4) is 0 Å². The number of nitrogens with zero attached hydrogens (tertiary/aromatic N) is 2. The van der Waals surface area contributed by atoms with Gasteiger partial charge in [0.15, 0.2) is 5.96 Å². The average molecular weight is 533 g/mol. The number of hydrogen-bond donors (Lipinski definition) is 2. The maximum absolute atomic E-state index is 12.5. The van der Waals surface area contributed by atoms with E-state index in [-0.39, 0.29) is 24.0 Å². The fourth-order valence-electron chi connectivity index (χ4n) is 2.33. The van der Waals surface area contributed by atoms with Crippen LogP contribution in [0.1, 0.15) is 32.6 Å². The van der Waals surface area contributed by atoms with Crippen LogP contribution in [0, 0.1) is 0 Å². The normalized spacial score (nSPS) is 12.1. The first-order chi connectivity index (χ1) is 12.5. The molecule has 0 aliphatic rings. The predicted molar refractivity (Wildman–Crippen MR) is 124 cm³/mol. The van der Waals surface area contributed by atoms with Crippen molar-refractivity contribution < 1.29 is 13.2 Å². The van der Waals surface area contributed by atoms with E-state index < -0.39 is 10.0 Å². The molecule has 0 atom stereocenters. The molecule has 1 aromatic heterocycles. The van der Waals surface area contributed by atoms with E-state index in [0.717, 1.165) is 23.8 Å². The van der Waals surface area contributed by atoms with E-state index in [1.807, 2.05) is 33.8 Å². The Morgan fingerprint density at radius 3 is 2.48 bits per heavy atom. The molecule has 0 aromatic carbocycles. The quantitative estimate of drug-likeness (QED) is 0.187. The van der Waals surface area contributed by atoms with Crippen LogP contribution in [-0.4, -0.2) is 64.6 Å². The van der Waals surface area contributed by atoms with Crippen molar-refractivity contribution >= 4 is 51.3 Å². The Morgan fingerprint density at radius 2 is 1.89 bits per heavy atom. The lowest BCUT2D eigenvalue weighted by atomic mass is 10.3. The van der Waals surface area contributed by atoms with Crippen molar-refractivity contribution in [3.05, 3.63) is 17.0 Å². The molecule has 0 fully saturated rings. The van der Waals surface area contributed by atoms with Gasteiger partial charge in [-0.1, -0.05) is 13.8 Å². The molecule has 0 aliphatic heterocycles. The first-order valence-electron chi connectivity index (χ1n) is 9.18. The van der Waals surface area contributed by atoms with Crippen LogP contribution in [0.15, 0.2) is 21.3 Å². The minimum Gasteiger partial charge on any atom is -0.380 e. The Morgan fingerprint density at radius 1 is 1.19 bits per heavy atom. The summed E-state index contributed by atoms with van der Waals surface area (Å²) in [4.78, 5) is 5.48.